The van der Waals surface area contributed by atoms with Crippen molar-refractivity contribution in [1.82, 2.24) is 0 Å². The molecule has 78 valence electrons. The molecule has 4 heteroatoms. The van der Waals surface area contributed by atoms with Gasteiger partial charge in [-0.05, 0) is 19.1 Å². The monoisotopic (exact) mass is 218 g/mol. The summed E-state index contributed by atoms with van der Waals surface area (Å²) in [5, 5.41) is 9.00. The summed E-state index contributed by atoms with van der Waals surface area (Å²) in [6.07, 6.45) is 0.139. The Labute approximate surface area is 87.3 Å². The minimum Gasteiger partial charge on any atom is -0.493 e. The standard InChI is InChI=1S/C10H12ClFO2/c1-7(13)4-5-14-8-2-3-10(12)9(11)6-8/h2-3,6-7,13H,4-5H2,1H3. The molecule has 1 N–H and O–H groups in total. The molecule has 0 radical (unpaired) electrons. The van der Waals surface area contributed by atoms with E-state index in [9.17, 15) is 4.39 Å². The molecule has 0 fully saturated rings. The fraction of sp³-hybridized carbons (Fsp3) is 0.400. The minimum absolute atomic E-state index is 0.0412. The van der Waals surface area contributed by atoms with Gasteiger partial charge in [0.1, 0.15) is 11.6 Å². The lowest BCUT2D eigenvalue weighted by Gasteiger charge is -2.07. The molecule has 0 saturated carbocycles. The quantitative estimate of drug-likeness (QED) is 0.842. The van der Waals surface area contributed by atoms with Crippen LogP contribution >= 0.6 is 11.6 Å². The Bertz CT molecular complexity index is 302. The summed E-state index contributed by atoms with van der Waals surface area (Å²) >= 11 is 5.55. The molecule has 14 heavy (non-hydrogen) atoms. The number of hydrogen-bond acceptors (Lipinski definition) is 2. The Hall–Kier alpha value is -0.800. The largest absolute Gasteiger partial charge is 0.493 e. The predicted molar refractivity (Wildman–Crippen MR) is 53.2 cm³/mol. The Morgan fingerprint density at radius 1 is 1.57 bits per heavy atom. The van der Waals surface area contributed by atoms with Crippen LogP contribution in [0.25, 0.3) is 0 Å². The molecule has 0 spiro atoms. The summed E-state index contributed by atoms with van der Waals surface area (Å²) in [6.45, 7) is 2.07. The van der Waals surface area contributed by atoms with Crippen LogP contribution in [0.15, 0.2) is 18.2 Å². The molecule has 0 amide bonds. The molecule has 1 unspecified atom stereocenters. The highest BCUT2D eigenvalue weighted by atomic mass is 35.5. The lowest BCUT2D eigenvalue weighted by Crippen LogP contribution is -2.07. The second-order valence-electron chi connectivity index (χ2n) is 3.06. The van der Waals surface area contributed by atoms with Gasteiger partial charge in [0, 0.05) is 12.5 Å². The van der Waals surface area contributed by atoms with Crippen LogP contribution in [0.4, 0.5) is 4.39 Å². The highest BCUT2D eigenvalue weighted by molar-refractivity contribution is 6.30. The lowest BCUT2D eigenvalue weighted by atomic mass is 10.3. The van der Waals surface area contributed by atoms with Gasteiger partial charge in [-0.2, -0.15) is 0 Å². The maximum atomic E-state index is 12.7. The van der Waals surface area contributed by atoms with Gasteiger partial charge in [0.25, 0.3) is 0 Å². The molecular formula is C10H12ClFO2. The van der Waals surface area contributed by atoms with Crippen LogP contribution in [-0.2, 0) is 0 Å². The van der Waals surface area contributed by atoms with Crippen LogP contribution < -0.4 is 4.74 Å². The topological polar surface area (TPSA) is 29.5 Å². The summed E-state index contributed by atoms with van der Waals surface area (Å²) in [6, 6.07) is 4.17. The number of ether oxygens (including phenoxy) is 1. The van der Waals surface area contributed by atoms with Gasteiger partial charge < -0.3 is 9.84 Å². The van der Waals surface area contributed by atoms with Crippen molar-refractivity contribution in [2.75, 3.05) is 6.61 Å². The van der Waals surface area contributed by atoms with Gasteiger partial charge >= 0.3 is 0 Å². The second-order valence-corrected chi connectivity index (χ2v) is 3.47. The molecule has 0 aliphatic carbocycles. The van der Waals surface area contributed by atoms with Crippen molar-refractivity contribution in [3.8, 4) is 5.75 Å². The average molecular weight is 219 g/mol. The van der Waals surface area contributed by atoms with Crippen molar-refractivity contribution in [1.29, 1.82) is 0 Å². The fourth-order valence-corrected chi connectivity index (χ4v) is 1.08. The van der Waals surface area contributed by atoms with Crippen molar-refractivity contribution >= 4 is 11.6 Å². The third-order valence-electron chi connectivity index (χ3n) is 1.70. The third-order valence-corrected chi connectivity index (χ3v) is 1.99. The number of rotatable bonds is 4. The molecule has 1 aromatic carbocycles. The van der Waals surface area contributed by atoms with E-state index in [-0.39, 0.29) is 5.02 Å². The van der Waals surface area contributed by atoms with E-state index in [4.69, 9.17) is 21.4 Å². The van der Waals surface area contributed by atoms with Crippen molar-refractivity contribution in [3.05, 3.63) is 29.0 Å². The first kappa shape index (κ1) is 11.3. The zero-order valence-corrected chi connectivity index (χ0v) is 8.59. The van der Waals surface area contributed by atoms with Gasteiger partial charge in [0.05, 0.1) is 17.7 Å². The maximum absolute atomic E-state index is 12.7. The minimum atomic E-state index is -0.463. The summed E-state index contributed by atoms with van der Waals surface area (Å²) in [5.74, 6) is 0.0478. The molecule has 0 heterocycles. The summed E-state index contributed by atoms with van der Waals surface area (Å²) < 4.78 is 18.0. The predicted octanol–water partition coefficient (Wildman–Crippen LogP) is 2.63. The maximum Gasteiger partial charge on any atom is 0.142 e. The Balaban J connectivity index is 2.47. The van der Waals surface area contributed by atoms with Gasteiger partial charge in [-0.3, -0.25) is 0 Å². The molecule has 0 saturated heterocycles. The van der Waals surface area contributed by atoms with Gasteiger partial charge in [-0.1, -0.05) is 11.6 Å². The average Bonchev–Trinajstić information content (AvgIpc) is 2.10. The van der Waals surface area contributed by atoms with Crippen molar-refractivity contribution in [2.45, 2.75) is 19.4 Å². The number of aliphatic hydroxyl groups is 1. The lowest BCUT2D eigenvalue weighted by molar-refractivity contribution is 0.155. The smallest absolute Gasteiger partial charge is 0.142 e. The zero-order chi connectivity index (χ0) is 10.6. The van der Waals surface area contributed by atoms with Crippen molar-refractivity contribution < 1.29 is 14.2 Å². The van der Waals surface area contributed by atoms with Gasteiger partial charge in [0.15, 0.2) is 0 Å². The van der Waals surface area contributed by atoms with E-state index in [2.05, 4.69) is 0 Å². The van der Waals surface area contributed by atoms with Crippen LogP contribution in [0.3, 0.4) is 0 Å². The first-order chi connectivity index (χ1) is 6.59. The zero-order valence-electron chi connectivity index (χ0n) is 7.84. The number of hydrogen-bond donors (Lipinski definition) is 1. The summed E-state index contributed by atoms with van der Waals surface area (Å²) in [4.78, 5) is 0. The van der Waals surface area contributed by atoms with Crippen LogP contribution in [-0.4, -0.2) is 17.8 Å². The van der Waals surface area contributed by atoms with Crippen molar-refractivity contribution in [2.24, 2.45) is 0 Å². The first-order valence-corrected chi connectivity index (χ1v) is 4.73. The van der Waals surface area contributed by atoms with E-state index >= 15 is 0 Å². The number of halogens is 2. The molecule has 0 aromatic heterocycles. The van der Waals surface area contributed by atoms with Gasteiger partial charge in [-0.25, -0.2) is 4.39 Å². The first-order valence-electron chi connectivity index (χ1n) is 4.35. The van der Waals surface area contributed by atoms with E-state index in [0.29, 0.717) is 18.8 Å². The third kappa shape index (κ3) is 3.52. The van der Waals surface area contributed by atoms with Gasteiger partial charge in [-0.15, -0.1) is 0 Å². The van der Waals surface area contributed by atoms with Crippen LogP contribution in [0.2, 0.25) is 5.02 Å². The van der Waals surface area contributed by atoms with E-state index in [1.165, 1.54) is 18.2 Å². The molecule has 1 aromatic rings. The molecule has 0 bridgehead atoms. The van der Waals surface area contributed by atoms with Crippen LogP contribution in [0.5, 0.6) is 5.75 Å². The molecule has 0 aliphatic heterocycles. The van der Waals surface area contributed by atoms with Crippen LogP contribution in [0.1, 0.15) is 13.3 Å². The number of benzene rings is 1. The van der Waals surface area contributed by atoms with E-state index in [1.54, 1.807) is 6.92 Å². The normalized spacial score (nSPS) is 12.6. The highest BCUT2D eigenvalue weighted by Crippen LogP contribution is 2.21. The Kier molecular flexibility index (Phi) is 4.17. The molecule has 2 nitrogen and oxygen atoms in total. The van der Waals surface area contributed by atoms with E-state index < -0.39 is 11.9 Å². The van der Waals surface area contributed by atoms with E-state index in [0.717, 1.165) is 0 Å². The highest BCUT2D eigenvalue weighted by Gasteiger charge is 2.02. The van der Waals surface area contributed by atoms with E-state index in [1.807, 2.05) is 0 Å². The molecule has 1 atom stereocenters. The molecular weight excluding hydrogens is 207 g/mol. The SMILES string of the molecule is CC(O)CCOc1ccc(F)c(Cl)c1. The second kappa shape index (κ2) is 5.17. The molecule has 1 rings (SSSR count). The Morgan fingerprint density at radius 3 is 2.86 bits per heavy atom. The summed E-state index contributed by atoms with van der Waals surface area (Å²) in [7, 11) is 0. The Morgan fingerprint density at radius 2 is 2.29 bits per heavy atom. The number of aliphatic hydroxyl groups excluding tert-OH is 1. The van der Waals surface area contributed by atoms with Gasteiger partial charge in [0.2, 0.25) is 0 Å². The van der Waals surface area contributed by atoms with Crippen molar-refractivity contribution in [3.63, 3.8) is 0 Å². The summed E-state index contributed by atoms with van der Waals surface area (Å²) in [5.41, 5.74) is 0. The molecule has 0 aliphatic rings. The fourth-order valence-electron chi connectivity index (χ4n) is 0.914. The van der Waals surface area contributed by atoms with Crippen LogP contribution in [0, 0.1) is 5.82 Å².